The van der Waals surface area contributed by atoms with Gasteiger partial charge in [-0.1, -0.05) is 71.7 Å². The average molecular weight is 345 g/mol. The van der Waals surface area contributed by atoms with Gasteiger partial charge in [-0.3, -0.25) is 4.79 Å². The van der Waals surface area contributed by atoms with Crippen LogP contribution in [0.3, 0.4) is 0 Å². The zero-order chi connectivity index (χ0) is 18.1. The molecule has 0 radical (unpaired) electrons. The van der Waals surface area contributed by atoms with Gasteiger partial charge >= 0.3 is 0 Å². The molecule has 0 fully saturated rings. The van der Waals surface area contributed by atoms with Crippen LogP contribution >= 0.6 is 0 Å². The van der Waals surface area contributed by atoms with Crippen molar-refractivity contribution in [2.75, 3.05) is 0 Å². The lowest BCUT2D eigenvalue weighted by molar-refractivity contribution is -0.115. The maximum atomic E-state index is 12.4. The van der Waals surface area contributed by atoms with Gasteiger partial charge in [0.1, 0.15) is 0 Å². The third kappa shape index (κ3) is 8.52. The molecule has 0 bridgehead atoms. The van der Waals surface area contributed by atoms with E-state index >= 15 is 0 Å². The molecule has 0 unspecified atom stereocenters. The molecule has 0 aliphatic heterocycles. The van der Waals surface area contributed by atoms with Crippen LogP contribution in [0, 0.1) is 25.7 Å². The number of rotatable bonds is 10. The van der Waals surface area contributed by atoms with Gasteiger partial charge in [-0.2, -0.15) is 0 Å². The molecular weight excluding hydrogens is 304 g/mol. The smallest absolute Gasteiger partial charge is 0.155 e. The fraction of sp³-hybridized carbons (Fsp3) is 0.625. The van der Waals surface area contributed by atoms with Crippen molar-refractivity contribution in [3.63, 3.8) is 0 Å². The fourth-order valence-corrected chi connectivity index (χ4v) is 3.34. The number of ketones is 1. The topological polar surface area (TPSA) is 17.1 Å². The monoisotopic (exact) mass is 344 g/mol. The molecule has 1 aromatic rings. The van der Waals surface area contributed by atoms with E-state index in [9.17, 15) is 4.79 Å². The van der Waals surface area contributed by atoms with E-state index in [1.807, 2.05) is 6.08 Å². The summed E-state index contributed by atoms with van der Waals surface area (Å²) in [5.74, 6) is 1.26. The lowest BCUT2D eigenvalue weighted by Crippen LogP contribution is -2.10. The minimum Gasteiger partial charge on any atom is -0.295 e. The third-order valence-corrected chi connectivity index (χ3v) is 4.73. The maximum absolute atomic E-state index is 12.4. The van der Waals surface area contributed by atoms with Crippen LogP contribution in [0.5, 0.6) is 0 Å². The number of carbonyl (C=O) groups excluding carboxylic acids is 1. The van der Waals surface area contributed by atoms with Gasteiger partial charge < -0.3 is 0 Å². The van der Waals surface area contributed by atoms with Crippen LogP contribution in [0.4, 0.5) is 0 Å². The second-order valence-electron chi connectivity index (χ2n) is 7.65. The van der Waals surface area contributed by atoms with Crippen LogP contribution < -0.4 is 0 Å². The molecule has 0 aliphatic carbocycles. The second-order valence-corrected chi connectivity index (χ2v) is 7.65. The van der Waals surface area contributed by atoms with Crippen molar-refractivity contribution in [2.24, 2.45) is 11.8 Å². The summed E-state index contributed by atoms with van der Waals surface area (Å²) in [6.07, 6.45) is 8.25. The number of hydrogen-bond donors (Lipinski definition) is 0. The van der Waals surface area contributed by atoms with E-state index in [0.717, 1.165) is 6.42 Å². The van der Waals surface area contributed by atoms with E-state index in [0.29, 0.717) is 24.0 Å². The molecule has 0 saturated carbocycles. The Bertz CT molecular complexity index is 545. The quantitative estimate of drug-likeness (QED) is 0.409. The van der Waals surface area contributed by atoms with Crippen LogP contribution in [0.2, 0.25) is 0 Å². The highest BCUT2D eigenvalue weighted by molar-refractivity contribution is 5.90. The van der Waals surface area contributed by atoms with E-state index in [4.69, 9.17) is 0 Å². The van der Waals surface area contributed by atoms with Crippen molar-refractivity contribution in [3.8, 4) is 0 Å². The number of hydrogen-bond acceptors (Lipinski definition) is 1. The van der Waals surface area contributed by atoms with Crippen LogP contribution in [0.25, 0.3) is 0 Å². The Morgan fingerprint density at radius 2 is 1.64 bits per heavy atom. The molecule has 1 rings (SSSR count). The van der Waals surface area contributed by atoms with Crippen molar-refractivity contribution in [1.82, 2.24) is 0 Å². The van der Waals surface area contributed by atoms with Crippen molar-refractivity contribution in [1.29, 1.82) is 0 Å². The minimum atomic E-state index is 0. The zero-order valence-electron chi connectivity index (χ0n) is 16.6. The molecule has 0 aromatic heterocycles. The second kappa shape index (κ2) is 12.1. The molecule has 0 N–H and O–H groups in total. The number of carbonyl (C=O) groups is 1. The summed E-state index contributed by atoms with van der Waals surface area (Å²) in [5.41, 5.74) is 5.34. The molecule has 1 nitrogen and oxygen atoms in total. The molecule has 0 heterocycles. The molecule has 0 atom stereocenters. The van der Waals surface area contributed by atoms with E-state index in [-0.39, 0.29) is 7.43 Å². The standard InChI is InChI=1S/C23H36O.CH4/c1-7-9-21(10-8-2)22(16-23(24)13-17(3)4)15-20-12-11-18(5)19(6)14-20;/h11-12,14,16-17,21H,7-10,13,15H2,1-6H3;1H4/b22-16-;. The Hall–Kier alpha value is -1.37. The van der Waals surface area contributed by atoms with Crippen molar-refractivity contribution >= 4 is 5.78 Å². The SMILES string of the molecule is C.CCCC(CCC)/C(=C\C(=O)CC(C)C)Cc1ccc(C)c(C)c1. The molecule has 0 amide bonds. The van der Waals surface area contributed by atoms with E-state index < -0.39 is 0 Å². The lowest BCUT2D eigenvalue weighted by atomic mass is 9.84. The molecular formula is C24H40O. The number of aryl methyl sites for hydroxylation is 2. The fourth-order valence-electron chi connectivity index (χ4n) is 3.34. The Morgan fingerprint density at radius 1 is 1.04 bits per heavy atom. The minimum absolute atomic E-state index is 0. The van der Waals surface area contributed by atoms with Crippen LogP contribution in [0.1, 0.15) is 83.9 Å². The summed E-state index contributed by atoms with van der Waals surface area (Å²) in [6, 6.07) is 6.70. The van der Waals surface area contributed by atoms with Crippen LogP contribution in [0.15, 0.2) is 29.8 Å². The highest BCUT2D eigenvalue weighted by atomic mass is 16.1. The zero-order valence-corrected chi connectivity index (χ0v) is 16.6. The largest absolute Gasteiger partial charge is 0.295 e. The molecule has 25 heavy (non-hydrogen) atoms. The van der Waals surface area contributed by atoms with Crippen LogP contribution in [-0.2, 0) is 11.2 Å². The number of allylic oxidation sites excluding steroid dienone is 2. The van der Waals surface area contributed by atoms with Crippen LogP contribution in [-0.4, -0.2) is 5.78 Å². The summed E-state index contributed by atoms with van der Waals surface area (Å²) in [5, 5.41) is 0. The van der Waals surface area contributed by atoms with Gasteiger partial charge in [-0.25, -0.2) is 0 Å². The number of benzene rings is 1. The molecule has 142 valence electrons. The van der Waals surface area contributed by atoms with Crippen molar-refractivity contribution < 1.29 is 4.79 Å². The van der Waals surface area contributed by atoms with Gasteiger partial charge in [0.25, 0.3) is 0 Å². The summed E-state index contributed by atoms with van der Waals surface area (Å²) in [7, 11) is 0. The summed E-state index contributed by atoms with van der Waals surface area (Å²) < 4.78 is 0. The highest BCUT2D eigenvalue weighted by Crippen LogP contribution is 2.27. The Kier molecular flexibility index (Phi) is 11.4. The summed E-state index contributed by atoms with van der Waals surface area (Å²) in [4.78, 5) is 12.4. The van der Waals surface area contributed by atoms with Gasteiger partial charge in [-0.15, -0.1) is 0 Å². The van der Waals surface area contributed by atoms with Gasteiger partial charge in [-0.05, 0) is 67.7 Å². The molecule has 0 spiro atoms. The van der Waals surface area contributed by atoms with E-state index in [1.54, 1.807) is 0 Å². The predicted octanol–water partition coefficient (Wildman–Crippen LogP) is 7.24. The lowest BCUT2D eigenvalue weighted by Gasteiger charge is -2.20. The van der Waals surface area contributed by atoms with Gasteiger partial charge in [0.2, 0.25) is 0 Å². The predicted molar refractivity (Wildman–Crippen MR) is 112 cm³/mol. The average Bonchev–Trinajstić information content (AvgIpc) is 2.49. The first-order valence-corrected chi connectivity index (χ1v) is 9.66. The first kappa shape index (κ1) is 23.6. The first-order chi connectivity index (χ1) is 11.4. The van der Waals surface area contributed by atoms with Gasteiger partial charge in [0, 0.05) is 6.42 Å². The van der Waals surface area contributed by atoms with Crippen molar-refractivity contribution in [3.05, 3.63) is 46.5 Å². The van der Waals surface area contributed by atoms with Gasteiger partial charge in [0.15, 0.2) is 5.78 Å². The third-order valence-electron chi connectivity index (χ3n) is 4.73. The maximum Gasteiger partial charge on any atom is 0.155 e. The van der Waals surface area contributed by atoms with Gasteiger partial charge in [0.05, 0.1) is 0 Å². The molecule has 0 saturated heterocycles. The molecule has 0 aliphatic rings. The normalized spacial score (nSPS) is 11.8. The Balaban J connectivity index is 0.00000576. The summed E-state index contributed by atoms with van der Waals surface area (Å²) >= 11 is 0. The summed E-state index contributed by atoms with van der Waals surface area (Å²) in [6.45, 7) is 13.0. The van der Waals surface area contributed by atoms with E-state index in [2.05, 4.69) is 59.7 Å². The van der Waals surface area contributed by atoms with E-state index in [1.165, 1.54) is 47.9 Å². The molecule has 1 aromatic carbocycles. The van der Waals surface area contributed by atoms with Crippen molar-refractivity contribution in [2.45, 2.75) is 87.5 Å². The first-order valence-electron chi connectivity index (χ1n) is 9.66. The Labute approximate surface area is 156 Å². The Morgan fingerprint density at radius 3 is 2.12 bits per heavy atom. The molecule has 1 heteroatoms. The highest BCUT2D eigenvalue weighted by Gasteiger charge is 2.16.